The Morgan fingerprint density at radius 1 is 1.55 bits per heavy atom. The number of nitrogens with one attached hydrogen (secondary N) is 1. The molecule has 0 fully saturated rings. The molecule has 2 N–H and O–H groups in total. The van der Waals surface area contributed by atoms with Crippen molar-refractivity contribution in [2.75, 3.05) is 26.9 Å². The minimum absolute atomic E-state index is 0.213. The minimum atomic E-state index is -0.763. The number of hydrogen-bond acceptors (Lipinski definition) is 4. The quantitative estimate of drug-likeness (QED) is 0.833. The number of methoxy groups -OCH3 is 1. The van der Waals surface area contributed by atoms with E-state index in [1.54, 1.807) is 7.11 Å². The van der Waals surface area contributed by atoms with Gasteiger partial charge in [-0.15, -0.1) is 0 Å². The van der Waals surface area contributed by atoms with Crippen LogP contribution in [0.1, 0.15) is 31.4 Å². The van der Waals surface area contributed by atoms with E-state index in [2.05, 4.69) is 27.3 Å². The van der Waals surface area contributed by atoms with Gasteiger partial charge in [-0.3, -0.25) is 0 Å². The van der Waals surface area contributed by atoms with Crippen LogP contribution >= 0.6 is 15.9 Å². The average molecular weight is 344 g/mol. The van der Waals surface area contributed by atoms with Crippen LogP contribution in [0.15, 0.2) is 22.7 Å². The van der Waals surface area contributed by atoms with Gasteiger partial charge in [0.25, 0.3) is 0 Å². The number of benzene rings is 1. The van der Waals surface area contributed by atoms with Crippen LogP contribution in [0.5, 0.6) is 5.75 Å². The molecular formula is C15H22BrNO3. The summed E-state index contributed by atoms with van der Waals surface area (Å²) < 4.78 is 11.7. The van der Waals surface area contributed by atoms with Crippen molar-refractivity contribution < 1.29 is 14.6 Å². The molecule has 2 atom stereocenters. The Morgan fingerprint density at radius 2 is 2.35 bits per heavy atom. The highest BCUT2D eigenvalue weighted by atomic mass is 79.9. The third-order valence-corrected chi connectivity index (χ3v) is 4.08. The summed E-state index contributed by atoms with van der Waals surface area (Å²) in [7, 11) is 1.65. The SMILES string of the molecule is COCCC(C)(O)CNC1CCOc2ccc(Br)cc21. The van der Waals surface area contributed by atoms with Gasteiger partial charge in [0.1, 0.15) is 5.75 Å². The molecule has 0 saturated carbocycles. The average Bonchev–Trinajstić information content (AvgIpc) is 2.43. The summed E-state index contributed by atoms with van der Waals surface area (Å²) in [6, 6.07) is 6.26. The molecule has 0 spiro atoms. The maximum atomic E-state index is 10.3. The summed E-state index contributed by atoms with van der Waals surface area (Å²) in [6.07, 6.45) is 1.52. The fourth-order valence-corrected chi connectivity index (χ4v) is 2.71. The number of ether oxygens (including phenoxy) is 2. The molecule has 4 nitrogen and oxygen atoms in total. The lowest BCUT2D eigenvalue weighted by molar-refractivity contribution is 0.0215. The van der Waals surface area contributed by atoms with Crippen molar-refractivity contribution in [2.45, 2.75) is 31.4 Å². The van der Waals surface area contributed by atoms with E-state index >= 15 is 0 Å². The zero-order chi connectivity index (χ0) is 14.6. The van der Waals surface area contributed by atoms with Gasteiger partial charge in [-0.2, -0.15) is 0 Å². The molecule has 5 heteroatoms. The van der Waals surface area contributed by atoms with Gasteiger partial charge < -0.3 is 19.9 Å². The van der Waals surface area contributed by atoms with Gasteiger partial charge in [-0.1, -0.05) is 15.9 Å². The number of fused-ring (bicyclic) bond motifs is 1. The summed E-state index contributed by atoms with van der Waals surface area (Å²) in [5.74, 6) is 0.925. The number of hydrogen-bond donors (Lipinski definition) is 2. The third kappa shape index (κ3) is 4.19. The van der Waals surface area contributed by atoms with Crippen LogP contribution in [-0.2, 0) is 4.74 Å². The standard InChI is InChI=1S/C15H22BrNO3/c1-15(18,6-8-19-2)10-17-13-5-7-20-14-4-3-11(16)9-12(13)14/h3-4,9,13,17-18H,5-8,10H2,1-2H3. The van der Waals surface area contributed by atoms with Gasteiger partial charge in [0.15, 0.2) is 0 Å². The van der Waals surface area contributed by atoms with Crippen LogP contribution in [0.4, 0.5) is 0 Å². The van der Waals surface area contributed by atoms with Crippen LogP contribution in [0.3, 0.4) is 0 Å². The van der Waals surface area contributed by atoms with Gasteiger partial charge in [0.05, 0.1) is 12.2 Å². The predicted octanol–water partition coefficient (Wildman–Crippen LogP) is 2.65. The molecule has 1 aliphatic heterocycles. The Morgan fingerprint density at radius 3 is 3.10 bits per heavy atom. The molecule has 0 amide bonds. The Bertz CT molecular complexity index is 451. The van der Waals surface area contributed by atoms with E-state index in [1.807, 2.05) is 19.1 Å². The van der Waals surface area contributed by atoms with Crippen LogP contribution < -0.4 is 10.1 Å². The van der Waals surface area contributed by atoms with E-state index in [1.165, 1.54) is 0 Å². The summed E-state index contributed by atoms with van der Waals surface area (Å²) in [5.41, 5.74) is 0.383. The molecule has 0 saturated heterocycles. The van der Waals surface area contributed by atoms with Gasteiger partial charge in [0.2, 0.25) is 0 Å². The van der Waals surface area contributed by atoms with Crippen molar-refractivity contribution in [3.8, 4) is 5.75 Å². The number of aliphatic hydroxyl groups is 1. The van der Waals surface area contributed by atoms with Crippen molar-refractivity contribution in [2.24, 2.45) is 0 Å². The van der Waals surface area contributed by atoms with Gasteiger partial charge in [0, 0.05) is 49.2 Å². The lowest BCUT2D eigenvalue weighted by Gasteiger charge is -2.31. The highest BCUT2D eigenvalue weighted by molar-refractivity contribution is 9.10. The Balaban J connectivity index is 1.99. The molecule has 20 heavy (non-hydrogen) atoms. The molecular weight excluding hydrogens is 322 g/mol. The van der Waals surface area contributed by atoms with E-state index in [-0.39, 0.29) is 6.04 Å². The zero-order valence-electron chi connectivity index (χ0n) is 12.0. The Kier molecular flexibility index (Phi) is 5.43. The zero-order valence-corrected chi connectivity index (χ0v) is 13.6. The van der Waals surface area contributed by atoms with Crippen molar-refractivity contribution in [1.82, 2.24) is 5.32 Å². The highest BCUT2D eigenvalue weighted by Gasteiger charge is 2.25. The van der Waals surface area contributed by atoms with Crippen LogP contribution in [0, 0.1) is 0 Å². The van der Waals surface area contributed by atoms with Crippen LogP contribution in [0.25, 0.3) is 0 Å². The van der Waals surface area contributed by atoms with E-state index < -0.39 is 5.60 Å². The molecule has 0 aromatic heterocycles. The van der Waals surface area contributed by atoms with Crippen LogP contribution in [0.2, 0.25) is 0 Å². The normalized spacial score (nSPS) is 20.9. The maximum Gasteiger partial charge on any atom is 0.124 e. The number of rotatable bonds is 6. The fourth-order valence-electron chi connectivity index (χ4n) is 2.33. The van der Waals surface area contributed by atoms with Crippen molar-refractivity contribution in [3.05, 3.63) is 28.2 Å². The first-order chi connectivity index (χ1) is 9.52. The second-order valence-electron chi connectivity index (χ2n) is 5.49. The molecule has 0 bridgehead atoms. The monoisotopic (exact) mass is 343 g/mol. The predicted molar refractivity (Wildman–Crippen MR) is 82.1 cm³/mol. The van der Waals surface area contributed by atoms with Gasteiger partial charge in [-0.25, -0.2) is 0 Å². The summed E-state index contributed by atoms with van der Waals surface area (Å²) in [5, 5.41) is 13.7. The van der Waals surface area contributed by atoms with Gasteiger partial charge >= 0.3 is 0 Å². The lowest BCUT2D eigenvalue weighted by Crippen LogP contribution is -2.41. The first kappa shape index (κ1) is 15.8. The summed E-state index contributed by atoms with van der Waals surface area (Å²) >= 11 is 3.49. The summed E-state index contributed by atoms with van der Waals surface area (Å²) in [4.78, 5) is 0. The molecule has 1 aromatic rings. The maximum absolute atomic E-state index is 10.3. The molecule has 0 aliphatic carbocycles. The minimum Gasteiger partial charge on any atom is -0.493 e. The Hall–Kier alpha value is -0.620. The molecule has 1 aliphatic rings. The first-order valence-electron chi connectivity index (χ1n) is 6.89. The summed E-state index contributed by atoms with van der Waals surface area (Å²) in [6.45, 7) is 3.63. The molecule has 2 unspecified atom stereocenters. The van der Waals surface area contributed by atoms with E-state index in [4.69, 9.17) is 9.47 Å². The molecule has 112 valence electrons. The van der Waals surface area contributed by atoms with E-state index in [9.17, 15) is 5.11 Å². The number of halogens is 1. The van der Waals surface area contributed by atoms with Crippen molar-refractivity contribution in [3.63, 3.8) is 0 Å². The van der Waals surface area contributed by atoms with Crippen molar-refractivity contribution >= 4 is 15.9 Å². The van der Waals surface area contributed by atoms with Gasteiger partial charge in [-0.05, 0) is 25.1 Å². The largest absolute Gasteiger partial charge is 0.493 e. The van der Waals surface area contributed by atoms with E-state index in [0.29, 0.717) is 26.2 Å². The Labute approximate surface area is 128 Å². The topological polar surface area (TPSA) is 50.7 Å². The molecule has 1 heterocycles. The van der Waals surface area contributed by atoms with Crippen molar-refractivity contribution in [1.29, 1.82) is 0 Å². The second-order valence-corrected chi connectivity index (χ2v) is 6.41. The lowest BCUT2D eigenvalue weighted by atomic mass is 9.98. The first-order valence-corrected chi connectivity index (χ1v) is 7.68. The highest BCUT2D eigenvalue weighted by Crippen LogP contribution is 2.34. The molecule has 0 radical (unpaired) electrons. The third-order valence-electron chi connectivity index (χ3n) is 3.59. The van der Waals surface area contributed by atoms with E-state index in [0.717, 1.165) is 22.2 Å². The smallest absolute Gasteiger partial charge is 0.124 e. The van der Waals surface area contributed by atoms with Crippen LogP contribution in [-0.4, -0.2) is 37.6 Å². The molecule has 2 rings (SSSR count). The second kappa shape index (κ2) is 6.89. The molecule has 1 aromatic carbocycles. The fraction of sp³-hybridized carbons (Fsp3) is 0.600.